The van der Waals surface area contributed by atoms with Gasteiger partial charge in [-0.1, -0.05) is 18.2 Å². The zero-order valence-electron chi connectivity index (χ0n) is 21.8. The first-order chi connectivity index (χ1) is 18.1. The van der Waals surface area contributed by atoms with Gasteiger partial charge in [-0.3, -0.25) is 9.80 Å². The minimum Gasteiger partial charge on any atom is -0.491 e. The molecule has 4 bridgehead atoms. The molecule has 0 unspecified atom stereocenters. The molecule has 6 nitrogen and oxygen atoms in total. The van der Waals surface area contributed by atoms with Crippen molar-refractivity contribution >= 4 is 0 Å². The van der Waals surface area contributed by atoms with Gasteiger partial charge in [0.1, 0.15) is 18.5 Å². The molecule has 2 aliphatic heterocycles. The molecule has 6 aliphatic rings. The van der Waals surface area contributed by atoms with E-state index < -0.39 is 6.10 Å². The predicted molar refractivity (Wildman–Crippen MR) is 142 cm³/mol. The number of hydrogen-bond acceptors (Lipinski definition) is 6. The average molecular weight is 505 g/mol. The van der Waals surface area contributed by atoms with Gasteiger partial charge in [0.15, 0.2) is 11.5 Å². The van der Waals surface area contributed by atoms with E-state index in [9.17, 15) is 5.11 Å². The van der Waals surface area contributed by atoms with Crippen LogP contribution in [0.15, 0.2) is 42.5 Å². The molecule has 4 aliphatic carbocycles. The first kappa shape index (κ1) is 23.8. The van der Waals surface area contributed by atoms with Crippen LogP contribution in [0, 0.1) is 17.8 Å². The highest BCUT2D eigenvalue weighted by Crippen LogP contribution is 2.60. The number of piperazine rings is 1. The van der Waals surface area contributed by atoms with E-state index in [1.165, 1.54) is 49.7 Å². The second-order valence-corrected chi connectivity index (χ2v) is 12.5. The lowest BCUT2D eigenvalue weighted by atomic mass is 9.48. The van der Waals surface area contributed by atoms with Gasteiger partial charge in [0.05, 0.1) is 0 Å². The van der Waals surface area contributed by atoms with Crippen LogP contribution in [-0.2, 0) is 12.0 Å². The Hall–Kier alpha value is -2.28. The molecule has 37 heavy (non-hydrogen) atoms. The molecule has 8 rings (SSSR count). The van der Waals surface area contributed by atoms with Gasteiger partial charge in [0, 0.05) is 39.3 Å². The summed E-state index contributed by atoms with van der Waals surface area (Å²) in [4.78, 5) is 4.81. The summed E-state index contributed by atoms with van der Waals surface area (Å²) >= 11 is 0. The third kappa shape index (κ3) is 4.96. The van der Waals surface area contributed by atoms with Gasteiger partial charge in [-0.25, -0.2) is 0 Å². The van der Waals surface area contributed by atoms with Crippen LogP contribution in [-0.4, -0.2) is 67.1 Å². The smallest absolute Gasteiger partial charge is 0.231 e. The Morgan fingerprint density at radius 1 is 0.838 bits per heavy atom. The molecule has 2 aromatic carbocycles. The van der Waals surface area contributed by atoms with Crippen molar-refractivity contribution in [3.63, 3.8) is 0 Å². The molecule has 1 N–H and O–H groups in total. The number of β-amino-alcohol motifs (C(OH)–C–C–N with tert-alkyl or cyclic N) is 1. The topological polar surface area (TPSA) is 54.4 Å². The molecule has 0 spiro atoms. The summed E-state index contributed by atoms with van der Waals surface area (Å²) in [6.45, 7) is 6.13. The number of fused-ring (bicyclic) bond motifs is 1. The van der Waals surface area contributed by atoms with E-state index in [1.807, 2.05) is 6.07 Å². The Balaban J connectivity index is 0.859. The molecular formula is C31H40N2O4. The van der Waals surface area contributed by atoms with Gasteiger partial charge in [-0.15, -0.1) is 0 Å². The largest absolute Gasteiger partial charge is 0.491 e. The van der Waals surface area contributed by atoms with E-state index in [2.05, 4.69) is 46.2 Å². The number of aliphatic hydroxyl groups excluding tert-OH is 1. The molecule has 4 saturated carbocycles. The van der Waals surface area contributed by atoms with Crippen LogP contribution in [0.4, 0.5) is 0 Å². The number of hydrogen-bond donors (Lipinski definition) is 1. The zero-order chi connectivity index (χ0) is 24.8. The highest BCUT2D eigenvalue weighted by Gasteiger charge is 2.51. The first-order valence-electron chi connectivity index (χ1n) is 14.3. The molecular weight excluding hydrogens is 464 g/mol. The SMILES string of the molecule is O[C@@H](COc1ccc(C23CC4CC(CC(C4)C2)C3)cc1)CN1CCN(Cc2ccc3c(c2)OCO3)CC1. The van der Waals surface area contributed by atoms with E-state index >= 15 is 0 Å². The highest BCUT2D eigenvalue weighted by molar-refractivity contribution is 5.44. The van der Waals surface area contributed by atoms with E-state index in [1.54, 1.807) is 0 Å². The number of benzene rings is 2. The normalized spacial score (nSPS) is 31.5. The maximum absolute atomic E-state index is 10.7. The van der Waals surface area contributed by atoms with Crippen molar-refractivity contribution < 1.29 is 19.3 Å². The molecule has 0 amide bonds. The Morgan fingerprint density at radius 3 is 2.19 bits per heavy atom. The minimum atomic E-state index is -0.483. The summed E-state index contributed by atoms with van der Waals surface area (Å²) in [5.41, 5.74) is 3.20. The molecule has 0 aromatic heterocycles. The maximum Gasteiger partial charge on any atom is 0.231 e. The van der Waals surface area contributed by atoms with Gasteiger partial charge in [0.2, 0.25) is 6.79 Å². The van der Waals surface area contributed by atoms with Gasteiger partial charge in [0.25, 0.3) is 0 Å². The van der Waals surface area contributed by atoms with Gasteiger partial charge >= 0.3 is 0 Å². The Labute approximate surface area is 220 Å². The number of ether oxygens (including phenoxy) is 3. The van der Waals surface area contributed by atoms with E-state index in [-0.39, 0.29) is 0 Å². The lowest BCUT2D eigenvalue weighted by Crippen LogP contribution is -2.48. The molecule has 5 fully saturated rings. The van der Waals surface area contributed by atoms with E-state index in [4.69, 9.17) is 14.2 Å². The second-order valence-electron chi connectivity index (χ2n) is 12.5. The molecule has 6 heteroatoms. The molecule has 1 saturated heterocycles. The van der Waals surface area contributed by atoms with Crippen LogP contribution in [0.3, 0.4) is 0 Å². The van der Waals surface area contributed by atoms with Crippen molar-refractivity contribution in [2.75, 3.05) is 46.1 Å². The zero-order valence-corrected chi connectivity index (χ0v) is 21.8. The first-order valence-corrected chi connectivity index (χ1v) is 14.3. The van der Waals surface area contributed by atoms with Gasteiger partial charge in [-0.05, 0) is 97.1 Å². The Kier molecular flexibility index (Phi) is 6.30. The van der Waals surface area contributed by atoms with Gasteiger partial charge in [-0.2, -0.15) is 0 Å². The summed E-state index contributed by atoms with van der Waals surface area (Å²) in [6, 6.07) is 15.1. The van der Waals surface area contributed by atoms with Crippen molar-refractivity contribution in [3.05, 3.63) is 53.6 Å². The third-order valence-electron chi connectivity index (χ3n) is 9.72. The third-order valence-corrected chi connectivity index (χ3v) is 9.72. The van der Waals surface area contributed by atoms with E-state index in [0.717, 1.165) is 67.7 Å². The fourth-order valence-corrected chi connectivity index (χ4v) is 8.34. The predicted octanol–water partition coefficient (Wildman–Crippen LogP) is 4.44. The van der Waals surface area contributed by atoms with Crippen molar-refractivity contribution in [1.82, 2.24) is 9.80 Å². The van der Waals surface area contributed by atoms with Crippen LogP contribution in [0.1, 0.15) is 49.7 Å². The van der Waals surface area contributed by atoms with Crippen molar-refractivity contribution in [3.8, 4) is 17.2 Å². The number of nitrogens with zero attached hydrogens (tertiary/aromatic N) is 2. The quantitative estimate of drug-likeness (QED) is 0.574. The molecule has 2 aromatic rings. The Bertz CT molecular complexity index is 1060. The van der Waals surface area contributed by atoms with Crippen molar-refractivity contribution in [2.24, 2.45) is 17.8 Å². The van der Waals surface area contributed by atoms with Crippen LogP contribution in [0.25, 0.3) is 0 Å². The molecule has 2 heterocycles. The summed E-state index contributed by atoms with van der Waals surface area (Å²) in [5.74, 6) is 5.44. The summed E-state index contributed by atoms with van der Waals surface area (Å²) in [6.07, 6.45) is 8.13. The number of rotatable bonds is 8. The highest BCUT2D eigenvalue weighted by atomic mass is 16.7. The molecule has 1 atom stereocenters. The standard InChI is InChI=1S/C31H40N2O4/c34-27(19-33-9-7-32(8-10-33)18-22-1-6-29-30(14-22)37-21-36-29)20-35-28-4-2-26(3-5-28)31-15-23-11-24(16-31)13-25(12-23)17-31/h1-6,14,23-25,27,34H,7-13,15-21H2/t23?,24?,25?,27-,31?/m1/s1. The fraction of sp³-hybridized carbons (Fsp3) is 0.613. The molecule has 198 valence electrons. The Morgan fingerprint density at radius 2 is 1.49 bits per heavy atom. The van der Waals surface area contributed by atoms with Crippen molar-refractivity contribution in [1.29, 1.82) is 0 Å². The second kappa shape index (κ2) is 9.79. The minimum absolute atomic E-state index is 0.316. The summed E-state index contributed by atoms with van der Waals surface area (Å²) in [7, 11) is 0. The van der Waals surface area contributed by atoms with Crippen LogP contribution < -0.4 is 14.2 Å². The van der Waals surface area contributed by atoms with Crippen LogP contribution >= 0.6 is 0 Å². The monoisotopic (exact) mass is 504 g/mol. The van der Waals surface area contributed by atoms with E-state index in [0.29, 0.717) is 25.4 Å². The van der Waals surface area contributed by atoms with Crippen LogP contribution in [0.2, 0.25) is 0 Å². The lowest BCUT2D eigenvalue weighted by molar-refractivity contribution is -0.00522. The average Bonchev–Trinajstić information content (AvgIpc) is 3.36. The lowest BCUT2D eigenvalue weighted by Gasteiger charge is -2.57. The van der Waals surface area contributed by atoms with Crippen LogP contribution in [0.5, 0.6) is 17.2 Å². The number of aliphatic hydroxyl groups is 1. The summed E-state index contributed by atoms with van der Waals surface area (Å²) in [5, 5.41) is 10.7. The fourth-order valence-electron chi connectivity index (χ4n) is 8.34. The maximum atomic E-state index is 10.7. The molecule has 0 radical (unpaired) electrons. The van der Waals surface area contributed by atoms with Crippen molar-refractivity contribution in [2.45, 2.75) is 56.6 Å². The summed E-state index contributed by atoms with van der Waals surface area (Å²) < 4.78 is 16.9. The van der Waals surface area contributed by atoms with Gasteiger partial charge < -0.3 is 19.3 Å².